The van der Waals surface area contributed by atoms with E-state index in [9.17, 15) is 5.11 Å². The molecule has 0 saturated carbocycles. The second-order valence-corrected chi connectivity index (χ2v) is 13.3. The molecule has 0 aliphatic carbocycles. The number of hydrogen-bond donors (Lipinski definition) is 1. The molecule has 0 fully saturated rings. The van der Waals surface area contributed by atoms with Crippen LogP contribution in [0.4, 0.5) is 0 Å². The van der Waals surface area contributed by atoms with E-state index in [4.69, 9.17) is 4.74 Å². The number of rotatable bonds is 10. The zero-order valence-corrected chi connectivity index (χ0v) is 19.7. The van der Waals surface area contributed by atoms with Crippen molar-refractivity contribution in [3.8, 4) is 11.3 Å². The highest BCUT2D eigenvalue weighted by Gasteiger charge is 2.17. The molecule has 0 saturated heterocycles. The Hall–Kier alpha value is -2.68. The molecule has 4 rings (SSSR count). The third-order valence-corrected chi connectivity index (χ3v) is 6.80. The Balaban J connectivity index is 1.57. The van der Waals surface area contributed by atoms with Crippen molar-refractivity contribution < 1.29 is 9.84 Å². The highest BCUT2D eigenvalue weighted by molar-refractivity contribution is 8.32. The van der Waals surface area contributed by atoms with E-state index in [1.54, 1.807) is 6.33 Å². The average Bonchev–Trinajstić information content (AvgIpc) is 3.42. The largest absolute Gasteiger partial charge is 0.396 e. The summed E-state index contributed by atoms with van der Waals surface area (Å²) in [6, 6.07) is 12.1. The normalized spacial score (nSPS) is 13.5. The van der Waals surface area contributed by atoms with Crippen LogP contribution in [-0.2, 0) is 11.5 Å². The van der Waals surface area contributed by atoms with Gasteiger partial charge in [-0.2, -0.15) is 5.10 Å². The first kappa shape index (κ1) is 22.5. The molecule has 3 aromatic heterocycles. The number of ether oxygens (including phenoxy) is 1. The van der Waals surface area contributed by atoms with E-state index in [0.717, 1.165) is 40.2 Å². The number of benzene rings is 1. The van der Waals surface area contributed by atoms with E-state index in [0.29, 0.717) is 13.2 Å². The van der Waals surface area contributed by atoms with Gasteiger partial charge in [-0.25, -0.2) is 20.0 Å². The lowest BCUT2D eigenvalue weighted by Gasteiger charge is -2.24. The molecule has 8 heteroatoms. The van der Waals surface area contributed by atoms with Crippen LogP contribution in [0.1, 0.15) is 18.0 Å². The molecule has 0 spiro atoms. The van der Waals surface area contributed by atoms with Gasteiger partial charge < -0.3 is 14.4 Å². The second kappa shape index (κ2) is 9.85. The molecular weight excluding hydrogens is 422 g/mol. The summed E-state index contributed by atoms with van der Waals surface area (Å²) >= 11 is 0. The van der Waals surface area contributed by atoms with Crippen LogP contribution in [0.15, 0.2) is 61.3 Å². The van der Waals surface area contributed by atoms with Crippen LogP contribution < -0.4 is 0 Å². The Morgan fingerprint density at radius 1 is 1.09 bits per heavy atom. The van der Waals surface area contributed by atoms with Gasteiger partial charge in [-0.3, -0.25) is 4.68 Å². The van der Waals surface area contributed by atoms with E-state index < -0.39 is 10.0 Å². The molecule has 4 aromatic rings. The molecule has 3 heterocycles. The van der Waals surface area contributed by atoms with Crippen molar-refractivity contribution in [3.05, 3.63) is 66.9 Å². The molecule has 1 aromatic carbocycles. The number of hydrogen-bond acceptors (Lipinski definition) is 5. The van der Waals surface area contributed by atoms with Crippen molar-refractivity contribution in [3.63, 3.8) is 0 Å². The lowest BCUT2D eigenvalue weighted by atomic mass is 10.0. The third-order valence-electron chi connectivity index (χ3n) is 5.41. The Morgan fingerprint density at radius 3 is 2.66 bits per heavy atom. The Labute approximate surface area is 190 Å². The predicted octanol–water partition coefficient (Wildman–Crippen LogP) is 3.93. The summed E-state index contributed by atoms with van der Waals surface area (Å²) < 4.78 is 9.82. The number of aliphatic hydroxyl groups is 1. The molecule has 0 aliphatic rings. The monoisotopic (exact) mass is 453 g/mol. The highest BCUT2D eigenvalue weighted by atomic mass is 32.3. The first-order valence-electron chi connectivity index (χ1n) is 10.7. The number of fused-ring (bicyclic) bond motifs is 1. The SMILES string of the molecule is CS(C)(C)CCOCn1ccc2c(-c3cnn(C(CCO)c4ccccc4)c3)ncnc21. The van der Waals surface area contributed by atoms with Crippen LogP contribution in [0.3, 0.4) is 0 Å². The quantitative estimate of drug-likeness (QED) is 0.368. The summed E-state index contributed by atoms with van der Waals surface area (Å²) in [7, 11) is -0.564. The zero-order valence-electron chi connectivity index (χ0n) is 18.9. The van der Waals surface area contributed by atoms with Crippen molar-refractivity contribution in [2.45, 2.75) is 19.2 Å². The molecule has 32 heavy (non-hydrogen) atoms. The van der Waals surface area contributed by atoms with Crippen molar-refractivity contribution >= 4 is 21.1 Å². The number of aromatic nitrogens is 5. The maximum absolute atomic E-state index is 9.59. The van der Waals surface area contributed by atoms with Gasteiger partial charge in [0.05, 0.1) is 24.5 Å². The first-order valence-corrected chi connectivity index (χ1v) is 13.7. The van der Waals surface area contributed by atoms with Gasteiger partial charge in [-0.05, 0) is 36.8 Å². The fraction of sp³-hybridized carbons (Fsp3) is 0.375. The predicted molar refractivity (Wildman–Crippen MR) is 131 cm³/mol. The summed E-state index contributed by atoms with van der Waals surface area (Å²) in [5, 5.41) is 15.2. The first-order chi connectivity index (χ1) is 15.5. The highest BCUT2D eigenvalue weighted by Crippen LogP contribution is 2.33. The molecule has 1 atom stereocenters. The topological polar surface area (TPSA) is 78.0 Å². The minimum absolute atomic E-state index is 0.0322. The summed E-state index contributed by atoms with van der Waals surface area (Å²) in [6.45, 7) is 1.31. The summed E-state index contributed by atoms with van der Waals surface area (Å²) in [5.74, 6) is 1.09. The number of aliphatic hydroxyl groups excluding tert-OH is 1. The van der Waals surface area contributed by atoms with Crippen LogP contribution in [0.2, 0.25) is 0 Å². The van der Waals surface area contributed by atoms with Gasteiger partial charge in [-0.15, -0.1) is 0 Å². The van der Waals surface area contributed by atoms with E-state index in [-0.39, 0.29) is 12.6 Å². The van der Waals surface area contributed by atoms with Crippen LogP contribution in [0, 0.1) is 0 Å². The van der Waals surface area contributed by atoms with E-state index in [1.165, 1.54) is 0 Å². The molecule has 7 nitrogen and oxygen atoms in total. The van der Waals surface area contributed by atoms with Crippen LogP contribution in [0.25, 0.3) is 22.3 Å². The minimum Gasteiger partial charge on any atom is -0.396 e. The molecule has 0 radical (unpaired) electrons. The smallest absolute Gasteiger partial charge is 0.145 e. The van der Waals surface area contributed by atoms with E-state index in [2.05, 4.69) is 46.0 Å². The zero-order chi connectivity index (χ0) is 22.6. The number of nitrogens with zero attached hydrogens (tertiary/aromatic N) is 5. The van der Waals surface area contributed by atoms with Crippen molar-refractivity contribution in [2.24, 2.45) is 0 Å². The van der Waals surface area contributed by atoms with Gasteiger partial charge in [-0.1, -0.05) is 30.3 Å². The molecule has 0 amide bonds. The van der Waals surface area contributed by atoms with Crippen LogP contribution >= 0.6 is 10.0 Å². The van der Waals surface area contributed by atoms with Gasteiger partial charge in [0.25, 0.3) is 0 Å². The van der Waals surface area contributed by atoms with Crippen LogP contribution in [0.5, 0.6) is 0 Å². The lowest BCUT2D eigenvalue weighted by molar-refractivity contribution is 0.0923. The van der Waals surface area contributed by atoms with E-state index in [1.807, 2.05) is 52.1 Å². The summed E-state index contributed by atoms with van der Waals surface area (Å²) in [6.07, 6.45) is 14.9. The van der Waals surface area contributed by atoms with Gasteiger partial charge >= 0.3 is 0 Å². The van der Waals surface area contributed by atoms with Gasteiger partial charge in [0.2, 0.25) is 0 Å². The van der Waals surface area contributed by atoms with Crippen molar-refractivity contribution in [2.75, 3.05) is 37.7 Å². The van der Waals surface area contributed by atoms with Crippen molar-refractivity contribution in [1.82, 2.24) is 24.3 Å². The fourth-order valence-corrected chi connectivity index (χ4v) is 4.31. The Morgan fingerprint density at radius 2 is 1.91 bits per heavy atom. The maximum Gasteiger partial charge on any atom is 0.145 e. The van der Waals surface area contributed by atoms with E-state index >= 15 is 0 Å². The third kappa shape index (κ3) is 5.20. The standard InChI is InChI=1S/C24H31N5O2S/c1-32(2,3)14-13-31-18-28-11-9-21-23(25-17-26-24(21)28)20-15-27-29(16-20)22(10-12-30)19-7-5-4-6-8-19/h4-9,11,15-17,22,30H,10,12-14,18H2,1-3H3. The van der Waals surface area contributed by atoms with Crippen LogP contribution in [-0.4, -0.2) is 67.2 Å². The lowest BCUT2D eigenvalue weighted by Crippen LogP contribution is -2.12. The Kier molecular flexibility index (Phi) is 6.93. The summed E-state index contributed by atoms with van der Waals surface area (Å²) in [4.78, 5) is 9.04. The second-order valence-electron chi connectivity index (χ2n) is 8.73. The van der Waals surface area contributed by atoms with Gasteiger partial charge in [0.15, 0.2) is 0 Å². The van der Waals surface area contributed by atoms with Gasteiger partial charge in [0.1, 0.15) is 18.7 Å². The molecule has 0 aliphatic heterocycles. The molecule has 0 bridgehead atoms. The minimum atomic E-state index is -0.564. The summed E-state index contributed by atoms with van der Waals surface area (Å²) in [5.41, 5.74) is 3.73. The molecule has 170 valence electrons. The molecular formula is C24H31N5O2S. The average molecular weight is 454 g/mol. The van der Waals surface area contributed by atoms with Crippen molar-refractivity contribution in [1.29, 1.82) is 0 Å². The maximum atomic E-state index is 9.59. The fourth-order valence-electron chi connectivity index (χ4n) is 3.69. The molecule has 1 unspecified atom stereocenters. The molecule has 1 N–H and O–H groups in total. The Bertz CT molecular complexity index is 1150. The van der Waals surface area contributed by atoms with Gasteiger partial charge in [0, 0.05) is 35.7 Å².